The van der Waals surface area contributed by atoms with Crippen LogP contribution in [0.3, 0.4) is 0 Å². The van der Waals surface area contributed by atoms with E-state index in [0.29, 0.717) is 38.6 Å². The Labute approximate surface area is 446 Å². The van der Waals surface area contributed by atoms with Crippen LogP contribution in [0.2, 0.25) is 0 Å². The van der Waals surface area contributed by atoms with Crippen LogP contribution in [-0.4, -0.2) is 167 Å². The molecule has 0 unspecified atom stereocenters. The molecule has 0 fully saturated rings. The predicted octanol–water partition coefficient (Wildman–Crippen LogP) is -3.92. The van der Waals surface area contributed by atoms with Gasteiger partial charge in [0.25, 0.3) is 0 Å². The number of amides is 10. The van der Waals surface area contributed by atoms with Gasteiger partial charge in [-0.1, -0.05) is 61.8 Å². The lowest BCUT2D eigenvalue weighted by atomic mass is 9.98. The Morgan fingerprint density at radius 3 is 1.30 bits per heavy atom. The van der Waals surface area contributed by atoms with E-state index in [4.69, 9.17) is 22.9 Å². The number of aliphatic hydroxyl groups is 2. The van der Waals surface area contributed by atoms with Crippen molar-refractivity contribution < 1.29 is 68.1 Å². The number of unbranched alkanes of at least 4 members (excludes halogenated alkanes) is 2. The van der Waals surface area contributed by atoms with Gasteiger partial charge in [-0.25, -0.2) is 4.79 Å². The lowest BCUT2D eigenvalue weighted by molar-refractivity contribution is -0.142. The molecule has 0 radical (unpaired) electrons. The van der Waals surface area contributed by atoms with Gasteiger partial charge in [-0.3, -0.25) is 47.9 Å². The molecule has 0 bridgehead atoms. The highest BCUT2D eigenvalue weighted by Gasteiger charge is 2.37. The van der Waals surface area contributed by atoms with E-state index in [2.05, 4.69) is 47.9 Å². The van der Waals surface area contributed by atoms with Crippen LogP contribution in [0.4, 0.5) is 0 Å². The van der Waals surface area contributed by atoms with Gasteiger partial charge >= 0.3 is 5.97 Å². The molecule has 0 aromatic carbocycles. The Kier molecular flexibility index (Phi) is 33.2. The highest BCUT2D eigenvalue weighted by molar-refractivity contribution is 5.99. The number of rotatable bonds is 38. The third kappa shape index (κ3) is 26.1. The zero-order valence-corrected chi connectivity index (χ0v) is 46.0. The number of hydrogen-bond acceptors (Lipinski definition) is 16. The van der Waals surface area contributed by atoms with Crippen molar-refractivity contribution in [3.05, 3.63) is 0 Å². The molecular formula is C49H91N13O14. The first kappa shape index (κ1) is 70.0. The van der Waals surface area contributed by atoms with E-state index in [1.54, 1.807) is 55.4 Å². The molecule has 76 heavy (non-hydrogen) atoms. The van der Waals surface area contributed by atoms with Crippen molar-refractivity contribution in [2.45, 2.75) is 200 Å². The van der Waals surface area contributed by atoms with E-state index >= 15 is 0 Å². The molecule has 0 aliphatic rings. The number of nitrogens with two attached hydrogens (primary N) is 4. The fraction of sp³-hybridized carbons (Fsp3) is 0.776. The Balaban J connectivity index is 6.33. The summed E-state index contributed by atoms with van der Waals surface area (Å²) in [6, 6.07) is -13.9. The maximum absolute atomic E-state index is 14.0. The monoisotopic (exact) mass is 1090 g/mol. The lowest BCUT2D eigenvalue weighted by Crippen LogP contribution is -2.62. The summed E-state index contributed by atoms with van der Waals surface area (Å²) in [7, 11) is 0. The summed E-state index contributed by atoms with van der Waals surface area (Å²) in [6.07, 6.45) is 0.179. The van der Waals surface area contributed by atoms with Gasteiger partial charge in [-0.2, -0.15) is 0 Å². The molecule has 0 rings (SSSR count). The minimum absolute atomic E-state index is 0.00388. The van der Waals surface area contributed by atoms with Crippen molar-refractivity contribution in [2.24, 2.45) is 46.6 Å². The molecule has 10 amide bonds. The molecule has 0 aromatic heterocycles. The third-order valence-corrected chi connectivity index (χ3v) is 12.3. The summed E-state index contributed by atoms with van der Waals surface area (Å²) in [4.78, 5) is 146. The minimum atomic E-state index is -1.68. The van der Waals surface area contributed by atoms with E-state index < -0.39 is 151 Å². The number of nitrogens with one attached hydrogen (secondary N) is 9. The topological polar surface area (TPSA) is 461 Å². The van der Waals surface area contributed by atoms with Crippen LogP contribution in [-0.2, 0) is 52.7 Å². The van der Waals surface area contributed by atoms with Crippen LogP contribution in [0.1, 0.15) is 133 Å². The van der Waals surface area contributed by atoms with E-state index in [9.17, 15) is 68.1 Å². The number of aliphatic carboxylic acids is 1. The average molecular weight is 1090 g/mol. The summed E-state index contributed by atoms with van der Waals surface area (Å²) in [5.74, 6) is -11.7. The molecule has 436 valence electrons. The minimum Gasteiger partial charge on any atom is -0.480 e. The number of carboxylic acid groups (broad SMARTS) is 1. The smallest absolute Gasteiger partial charge is 0.326 e. The predicted molar refractivity (Wildman–Crippen MR) is 280 cm³/mol. The zero-order valence-electron chi connectivity index (χ0n) is 46.0. The maximum atomic E-state index is 14.0. The Hall–Kier alpha value is -6.03. The van der Waals surface area contributed by atoms with E-state index in [-0.39, 0.29) is 50.0 Å². The zero-order chi connectivity index (χ0) is 58.6. The van der Waals surface area contributed by atoms with Crippen LogP contribution in [0, 0.1) is 23.7 Å². The maximum Gasteiger partial charge on any atom is 0.326 e. The molecule has 20 N–H and O–H groups in total. The first-order valence-corrected chi connectivity index (χ1v) is 26.1. The van der Waals surface area contributed by atoms with Gasteiger partial charge < -0.3 is 86.1 Å². The summed E-state index contributed by atoms with van der Waals surface area (Å²) < 4.78 is 0. The highest BCUT2D eigenvalue weighted by atomic mass is 16.4. The molecule has 0 saturated heterocycles. The summed E-state index contributed by atoms with van der Waals surface area (Å²) in [5, 5.41) is 52.4. The number of carbonyl (C=O) groups excluding carboxylic acids is 10. The van der Waals surface area contributed by atoms with Crippen molar-refractivity contribution in [3.8, 4) is 0 Å². The molecule has 12 atom stereocenters. The molecule has 0 aliphatic carbocycles. The first-order valence-electron chi connectivity index (χ1n) is 26.1. The van der Waals surface area contributed by atoms with E-state index in [1.165, 1.54) is 13.8 Å². The van der Waals surface area contributed by atoms with Crippen molar-refractivity contribution >= 4 is 65.0 Å². The second-order valence-electron chi connectivity index (χ2n) is 20.5. The summed E-state index contributed by atoms with van der Waals surface area (Å²) in [6.45, 7) is 15.9. The van der Waals surface area contributed by atoms with Crippen molar-refractivity contribution in [3.63, 3.8) is 0 Å². The molecular weight excluding hydrogens is 995 g/mol. The fourth-order valence-corrected chi connectivity index (χ4v) is 7.49. The molecule has 0 aromatic rings. The summed E-state index contributed by atoms with van der Waals surface area (Å²) >= 11 is 0. The standard InChI is InChI=1S/C49H91N13O14/c1-11-27(8)37(53)46(72)60-35(23-63)45(71)59-34(22-36(52)65)43(69)57-32(20-24(2)3)42(68)58-33(21-25(4)5)44(70)61-38(26(6)7)47(73)54-28(9)40(66)62-39(29(10)64)48(74)55-30(16-12-14-18-50)41(67)56-31(49(75)76)17-13-15-19-51/h24-35,37-39,63-64H,11-23,50-51,53H2,1-10H3,(H2,52,65)(H,54,73)(H,55,74)(H,56,67)(H,57,69)(H,58,68)(H,59,71)(H,60,72)(H,61,70)(H,62,66)(H,75,76)/t27-,28-,29+,30-,31-,32-,33-,34-,35-,37-,38-,39-/m0/s1. The third-order valence-electron chi connectivity index (χ3n) is 12.3. The van der Waals surface area contributed by atoms with Gasteiger partial charge in [0.15, 0.2) is 0 Å². The van der Waals surface area contributed by atoms with Gasteiger partial charge in [-0.15, -0.1) is 0 Å². The number of carboxylic acids is 1. The number of carbonyl (C=O) groups is 11. The Morgan fingerprint density at radius 1 is 0.474 bits per heavy atom. The van der Waals surface area contributed by atoms with E-state index in [0.717, 1.165) is 0 Å². The largest absolute Gasteiger partial charge is 0.480 e. The molecule has 0 saturated carbocycles. The lowest BCUT2D eigenvalue weighted by Gasteiger charge is -2.29. The van der Waals surface area contributed by atoms with E-state index in [1.807, 2.05) is 0 Å². The van der Waals surface area contributed by atoms with Gasteiger partial charge in [0.2, 0.25) is 59.1 Å². The number of hydrogen-bond donors (Lipinski definition) is 16. The van der Waals surface area contributed by atoms with Gasteiger partial charge in [0.05, 0.1) is 25.2 Å². The molecule has 0 heterocycles. The second kappa shape index (κ2) is 36.1. The van der Waals surface area contributed by atoms with Crippen LogP contribution in [0.25, 0.3) is 0 Å². The second-order valence-corrected chi connectivity index (χ2v) is 20.5. The first-order chi connectivity index (χ1) is 35.4. The number of primary amides is 1. The highest BCUT2D eigenvalue weighted by Crippen LogP contribution is 2.13. The van der Waals surface area contributed by atoms with Crippen LogP contribution < -0.4 is 70.8 Å². The van der Waals surface area contributed by atoms with Crippen molar-refractivity contribution in [2.75, 3.05) is 19.7 Å². The summed E-state index contributed by atoms with van der Waals surface area (Å²) in [5.41, 5.74) is 22.5. The normalized spacial score (nSPS) is 16.1. The quantitative estimate of drug-likeness (QED) is 0.0263. The fourth-order valence-electron chi connectivity index (χ4n) is 7.49. The van der Waals surface area contributed by atoms with Crippen LogP contribution in [0.15, 0.2) is 0 Å². The van der Waals surface area contributed by atoms with Crippen LogP contribution in [0.5, 0.6) is 0 Å². The molecule has 27 nitrogen and oxygen atoms in total. The SMILES string of the molecule is CC[C@H](C)[C@H](N)C(=O)N[C@@H](CO)C(=O)N[C@@H](CC(N)=O)C(=O)N[C@@H](CC(C)C)C(=O)N[C@@H](CC(C)C)C(=O)N[C@H](C(=O)N[C@@H](C)C(=O)N[C@H](C(=O)N[C@@H](CCCCN)C(=O)N[C@@H](CCCCN)C(=O)O)[C@@H](C)O)C(C)C. The molecule has 0 spiro atoms. The van der Waals surface area contributed by atoms with Gasteiger partial charge in [0, 0.05) is 0 Å². The van der Waals surface area contributed by atoms with Crippen molar-refractivity contribution in [1.82, 2.24) is 47.9 Å². The number of aliphatic hydroxyl groups excluding tert-OH is 2. The van der Waals surface area contributed by atoms with Gasteiger partial charge in [0.1, 0.15) is 54.4 Å². The van der Waals surface area contributed by atoms with Crippen molar-refractivity contribution in [1.29, 1.82) is 0 Å². The molecule has 0 aliphatic heterocycles. The Morgan fingerprint density at radius 2 is 0.868 bits per heavy atom. The van der Waals surface area contributed by atoms with Gasteiger partial charge in [-0.05, 0) is 102 Å². The average Bonchev–Trinajstić information content (AvgIpc) is 3.33. The van der Waals surface area contributed by atoms with Crippen LogP contribution >= 0.6 is 0 Å². The molecule has 27 heteroatoms. The Bertz CT molecular complexity index is 1920.